The summed E-state index contributed by atoms with van der Waals surface area (Å²) in [5.74, 6) is 0.630. The average Bonchev–Trinajstić information content (AvgIpc) is 3.31. The number of hydrogen-bond acceptors (Lipinski definition) is 3. The van der Waals surface area contributed by atoms with Crippen LogP contribution in [0.2, 0.25) is 20.1 Å². The van der Waals surface area contributed by atoms with Gasteiger partial charge < -0.3 is 10.2 Å². The lowest BCUT2D eigenvalue weighted by Gasteiger charge is -2.31. The van der Waals surface area contributed by atoms with Crippen molar-refractivity contribution in [2.24, 2.45) is 0 Å². The molecule has 1 N–H and O–H groups in total. The van der Waals surface area contributed by atoms with E-state index >= 15 is 0 Å². The molecule has 0 aliphatic heterocycles. The Kier molecular flexibility index (Phi) is 10.7. The maximum Gasteiger partial charge on any atom is 0.243 e. The van der Waals surface area contributed by atoms with Crippen molar-refractivity contribution in [3.8, 4) is 0 Å². The van der Waals surface area contributed by atoms with E-state index < -0.39 is 6.04 Å². The number of amides is 2. The molecule has 0 radical (unpaired) electrons. The highest BCUT2D eigenvalue weighted by molar-refractivity contribution is 7.99. The van der Waals surface area contributed by atoms with E-state index in [-0.39, 0.29) is 30.2 Å². The molecule has 2 aromatic carbocycles. The Morgan fingerprint density at radius 1 is 0.971 bits per heavy atom. The second-order valence-electron chi connectivity index (χ2n) is 8.43. The van der Waals surface area contributed by atoms with E-state index in [4.69, 9.17) is 46.4 Å². The van der Waals surface area contributed by atoms with Crippen molar-refractivity contribution >= 4 is 70.0 Å². The number of halogens is 4. The van der Waals surface area contributed by atoms with Crippen LogP contribution in [0.25, 0.3) is 0 Å². The summed E-state index contributed by atoms with van der Waals surface area (Å²) in [4.78, 5) is 28.2. The molecule has 0 spiro atoms. The van der Waals surface area contributed by atoms with Gasteiger partial charge in [0.1, 0.15) is 6.04 Å². The van der Waals surface area contributed by atoms with Gasteiger partial charge in [-0.25, -0.2) is 0 Å². The van der Waals surface area contributed by atoms with Crippen molar-refractivity contribution < 1.29 is 9.59 Å². The number of hydrogen-bond donors (Lipinski definition) is 1. The fourth-order valence-electron chi connectivity index (χ4n) is 4.09. The van der Waals surface area contributed by atoms with Gasteiger partial charge in [0.25, 0.3) is 0 Å². The Hall–Kier alpha value is -1.11. The standard InChI is InChI=1S/C25H28Cl4N2O2S/c1-2-23(25(33)30-18-5-3-4-6-18)31(13-16-7-9-19(26)21(28)11-16)24(32)15-34-14-17-8-10-20(27)22(29)12-17/h7-12,18,23H,2-6,13-15H2,1H3,(H,30,33). The second-order valence-corrected chi connectivity index (χ2v) is 11.0. The van der Waals surface area contributed by atoms with Gasteiger partial charge in [-0.2, -0.15) is 0 Å². The molecular formula is C25H28Cl4N2O2S. The first kappa shape index (κ1) is 27.5. The molecule has 1 aliphatic carbocycles. The Labute approximate surface area is 225 Å². The fraction of sp³-hybridized carbons (Fsp3) is 0.440. The van der Waals surface area contributed by atoms with E-state index in [0.717, 1.165) is 36.8 Å². The second kappa shape index (κ2) is 13.3. The van der Waals surface area contributed by atoms with E-state index in [1.807, 2.05) is 19.1 Å². The van der Waals surface area contributed by atoms with Crippen LogP contribution >= 0.6 is 58.2 Å². The van der Waals surface area contributed by atoms with Crippen molar-refractivity contribution in [3.63, 3.8) is 0 Å². The number of nitrogens with one attached hydrogen (secondary N) is 1. The number of carbonyl (C=O) groups excluding carboxylic acids is 2. The van der Waals surface area contributed by atoms with Crippen LogP contribution in [0.5, 0.6) is 0 Å². The van der Waals surface area contributed by atoms with Crippen LogP contribution in [0.4, 0.5) is 0 Å². The highest BCUT2D eigenvalue weighted by Gasteiger charge is 2.30. The van der Waals surface area contributed by atoms with Gasteiger partial charge in [0.05, 0.1) is 25.8 Å². The number of rotatable bonds is 10. The number of thioether (sulfide) groups is 1. The third-order valence-electron chi connectivity index (χ3n) is 5.90. The molecule has 2 aromatic rings. The summed E-state index contributed by atoms with van der Waals surface area (Å²) in [5, 5.41) is 5.01. The van der Waals surface area contributed by atoms with Crippen LogP contribution in [0.1, 0.15) is 50.2 Å². The van der Waals surface area contributed by atoms with Crippen LogP contribution in [-0.4, -0.2) is 34.6 Å². The summed E-state index contributed by atoms with van der Waals surface area (Å²) in [7, 11) is 0. The molecule has 1 saturated carbocycles. The Morgan fingerprint density at radius 2 is 1.56 bits per heavy atom. The van der Waals surface area contributed by atoms with Gasteiger partial charge in [0.2, 0.25) is 11.8 Å². The molecule has 3 rings (SSSR count). The summed E-state index contributed by atoms with van der Waals surface area (Å²) in [6, 6.07) is 10.4. The number of benzene rings is 2. The molecule has 1 aliphatic rings. The van der Waals surface area contributed by atoms with Crippen LogP contribution < -0.4 is 5.32 Å². The highest BCUT2D eigenvalue weighted by Crippen LogP contribution is 2.27. The molecule has 9 heteroatoms. The number of nitrogens with zero attached hydrogens (tertiary/aromatic N) is 1. The quantitative estimate of drug-likeness (QED) is 0.329. The van der Waals surface area contributed by atoms with Gasteiger partial charge in [-0.15, -0.1) is 11.8 Å². The van der Waals surface area contributed by atoms with E-state index in [2.05, 4.69) is 5.32 Å². The molecule has 2 amide bonds. The van der Waals surface area contributed by atoms with Crippen molar-refractivity contribution in [1.82, 2.24) is 10.2 Å². The SMILES string of the molecule is CCC(C(=O)NC1CCCC1)N(Cc1ccc(Cl)c(Cl)c1)C(=O)CSCc1ccc(Cl)c(Cl)c1. The first-order valence-corrected chi connectivity index (χ1v) is 14.0. The molecule has 1 unspecified atom stereocenters. The molecule has 0 saturated heterocycles. The zero-order valence-corrected chi connectivity index (χ0v) is 22.8. The Morgan fingerprint density at radius 3 is 2.15 bits per heavy atom. The highest BCUT2D eigenvalue weighted by atomic mass is 35.5. The normalized spacial score (nSPS) is 14.7. The van der Waals surface area contributed by atoms with Crippen molar-refractivity contribution in [2.75, 3.05) is 5.75 Å². The molecule has 184 valence electrons. The van der Waals surface area contributed by atoms with Crippen molar-refractivity contribution in [2.45, 2.75) is 63.4 Å². The zero-order chi connectivity index (χ0) is 24.7. The third-order valence-corrected chi connectivity index (χ3v) is 8.37. The van der Waals surface area contributed by atoms with Crippen LogP contribution in [0, 0.1) is 0 Å². The fourth-order valence-corrected chi connectivity index (χ4v) is 5.59. The monoisotopic (exact) mass is 560 g/mol. The average molecular weight is 562 g/mol. The van der Waals surface area contributed by atoms with Gasteiger partial charge >= 0.3 is 0 Å². The van der Waals surface area contributed by atoms with Crippen molar-refractivity contribution in [1.29, 1.82) is 0 Å². The molecule has 1 atom stereocenters. The molecule has 0 heterocycles. The van der Waals surface area contributed by atoms with Crippen LogP contribution in [0.3, 0.4) is 0 Å². The zero-order valence-electron chi connectivity index (χ0n) is 19.0. The molecule has 1 fully saturated rings. The number of carbonyl (C=O) groups is 2. The topological polar surface area (TPSA) is 49.4 Å². The third kappa shape index (κ3) is 7.69. The first-order chi connectivity index (χ1) is 16.3. The Bertz CT molecular complexity index is 1010. The van der Waals surface area contributed by atoms with E-state index in [0.29, 0.717) is 32.3 Å². The van der Waals surface area contributed by atoms with E-state index in [1.165, 1.54) is 11.8 Å². The molecule has 4 nitrogen and oxygen atoms in total. The van der Waals surface area contributed by atoms with Gasteiger partial charge in [-0.05, 0) is 54.7 Å². The van der Waals surface area contributed by atoms with E-state index in [9.17, 15) is 9.59 Å². The van der Waals surface area contributed by atoms with E-state index in [1.54, 1.807) is 29.2 Å². The minimum absolute atomic E-state index is 0.0997. The van der Waals surface area contributed by atoms with Gasteiger partial charge in [0, 0.05) is 18.3 Å². The lowest BCUT2D eigenvalue weighted by molar-refractivity contribution is -0.139. The van der Waals surface area contributed by atoms with Crippen LogP contribution in [0.15, 0.2) is 36.4 Å². The van der Waals surface area contributed by atoms with Gasteiger partial charge in [-0.1, -0.05) is 78.3 Å². The van der Waals surface area contributed by atoms with Crippen molar-refractivity contribution in [3.05, 3.63) is 67.6 Å². The maximum atomic E-state index is 13.4. The Balaban J connectivity index is 1.72. The molecule has 0 aromatic heterocycles. The smallest absolute Gasteiger partial charge is 0.243 e. The first-order valence-electron chi connectivity index (χ1n) is 11.3. The molecular weight excluding hydrogens is 534 g/mol. The lowest BCUT2D eigenvalue weighted by Crippen LogP contribution is -2.51. The summed E-state index contributed by atoms with van der Waals surface area (Å²) in [6.45, 7) is 2.20. The lowest BCUT2D eigenvalue weighted by atomic mass is 10.1. The van der Waals surface area contributed by atoms with Crippen LogP contribution in [-0.2, 0) is 21.9 Å². The summed E-state index contributed by atoms with van der Waals surface area (Å²) >= 11 is 25.8. The van der Waals surface area contributed by atoms with Gasteiger partial charge in [0.15, 0.2) is 0 Å². The maximum absolute atomic E-state index is 13.4. The predicted octanol–water partition coefficient (Wildman–Crippen LogP) is 7.40. The minimum Gasteiger partial charge on any atom is -0.352 e. The van der Waals surface area contributed by atoms with Gasteiger partial charge in [-0.3, -0.25) is 9.59 Å². The summed E-state index contributed by atoms with van der Waals surface area (Å²) in [5.41, 5.74) is 1.80. The largest absolute Gasteiger partial charge is 0.352 e. The predicted molar refractivity (Wildman–Crippen MR) is 144 cm³/mol. The molecule has 34 heavy (non-hydrogen) atoms. The summed E-state index contributed by atoms with van der Waals surface area (Å²) < 4.78 is 0. The summed E-state index contributed by atoms with van der Waals surface area (Å²) in [6.07, 6.45) is 4.74. The molecule has 0 bridgehead atoms. The minimum atomic E-state index is -0.562.